The van der Waals surface area contributed by atoms with Gasteiger partial charge in [-0.05, 0) is 29.3 Å². The molecule has 1 heterocycles. The van der Waals surface area contributed by atoms with Crippen molar-refractivity contribution in [2.45, 2.75) is 12.3 Å². The minimum absolute atomic E-state index is 0.00236. The van der Waals surface area contributed by atoms with Gasteiger partial charge in [0, 0.05) is 24.6 Å². The highest BCUT2D eigenvalue weighted by Gasteiger charge is 2.25. The first-order valence-corrected chi connectivity index (χ1v) is 10.2. The molecule has 0 spiro atoms. The van der Waals surface area contributed by atoms with E-state index in [4.69, 9.17) is 4.74 Å². The molecule has 2 amide bonds. The van der Waals surface area contributed by atoms with Crippen molar-refractivity contribution in [1.82, 2.24) is 0 Å². The lowest BCUT2D eigenvalue weighted by Gasteiger charge is -2.29. The molecule has 0 atom stereocenters. The molecule has 0 aromatic heterocycles. The van der Waals surface area contributed by atoms with Gasteiger partial charge < -0.3 is 15.0 Å². The molecule has 1 aliphatic heterocycles. The molecule has 0 unspecified atom stereocenters. The second kappa shape index (κ2) is 9.30. The molecule has 0 saturated heterocycles. The quantitative estimate of drug-likeness (QED) is 0.569. The van der Waals surface area contributed by atoms with E-state index in [1.807, 2.05) is 60.7 Å². The summed E-state index contributed by atoms with van der Waals surface area (Å²) in [5, 5.41) is 2.98. The second-order valence-electron chi connectivity index (χ2n) is 7.39. The van der Waals surface area contributed by atoms with Crippen LogP contribution in [-0.2, 0) is 9.59 Å². The number of amides is 2. The average molecular weight is 412 g/mol. The molecule has 1 N–H and O–H groups in total. The van der Waals surface area contributed by atoms with Crippen LogP contribution in [0.25, 0.3) is 0 Å². The van der Waals surface area contributed by atoms with Crippen LogP contribution in [0, 0.1) is 0 Å². The van der Waals surface area contributed by atoms with Crippen LogP contribution in [0.3, 0.4) is 0 Å². The fraction of sp³-hybridized carbons (Fsp3) is 0.154. The number of carbonyl (C=O) groups excluding carboxylic acids is 2. The highest BCUT2D eigenvalue weighted by atomic mass is 16.5. The summed E-state index contributed by atoms with van der Waals surface area (Å²) in [6.07, 6.45) is 1.97. The highest BCUT2D eigenvalue weighted by Crippen LogP contribution is 2.35. The van der Waals surface area contributed by atoms with Gasteiger partial charge in [-0.2, -0.15) is 0 Å². The van der Waals surface area contributed by atoms with Gasteiger partial charge in [0.1, 0.15) is 5.75 Å². The zero-order valence-electron chi connectivity index (χ0n) is 17.2. The molecule has 1 aliphatic rings. The minimum Gasteiger partial charge on any atom is -0.482 e. The Balaban J connectivity index is 1.55. The summed E-state index contributed by atoms with van der Waals surface area (Å²) in [6, 6.07) is 25.4. The summed E-state index contributed by atoms with van der Waals surface area (Å²) in [6.45, 7) is 4.11. The number of rotatable bonds is 7. The van der Waals surface area contributed by atoms with E-state index >= 15 is 0 Å². The van der Waals surface area contributed by atoms with E-state index < -0.39 is 0 Å². The molecule has 0 bridgehead atoms. The fourth-order valence-electron chi connectivity index (χ4n) is 3.81. The van der Waals surface area contributed by atoms with Crippen LogP contribution in [0.2, 0.25) is 0 Å². The van der Waals surface area contributed by atoms with Crippen molar-refractivity contribution >= 4 is 23.2 Å². The SMILES string of the molecule is C=CCN1C(=O)COc2ccc(NC(=O)CC(c3ccccc3)c3ccccc3)cc21. The molecular formula is C26H24N2O3. The van der Waals surface area contributed by atoms with Crippen LogP contribution in [-0.4, -0.2) is 25.0 Å². The lowest BCUT2D eigenvalue weighted by molar-refractivity contribution is -0.121. The fourth-order valence-corrected chi connectivity index (χ4v) is 3.81. The van der Waals surface area contributed by atoms with Gasteiger partial charge >= 0.3 is 0 Å². The average Bonchev–Trinajstić information content (AvgIpc) is 2.80. The molecule has 0 radical (unpaired) electrons. The number of nitrogens with zero attached hydrogens (tertiary/aromatic N) is 1. The number of fused-ring (bicyclic) bond motifs is 1. The number of carbonyl (C=O) groups is 2. The largest absolute Gasteiger partial charge is 0.482 e. The predicted octanol–water partition coefficient (Wildman–Crippen LogP) is 4.76. The normalized spacial score (nSPS) is 12.8. The third kappa shape index (κ3) is 4.67. The van der Waals surface area contributed by atoms with E-state index in [1.54, 1.807) is 29.2 Å². The maximum Gasteiger partial charge on any atom is 0.265 e. The van der Waals surface area contributed by atoms with E-state index in [0.29, 0.717) is 30.1 Å². The number of benzene rings is 3. The van der Waals surface area contributed by atoms with E-state index in [2.05, 4.69) is 11.9 Å². The standard InChI is InChI=1S/C26H24N2O3/c1-2-15-28-23-16-21(13-14-24(23)31-18-26(28)30)27-25(29)17-22(19-9-5-3-6-10-19)20-11-7-4-8-12-20/h2-14,16,22H,1,15,17-18H2,(H,27,29). The molecule has 0 fully saturated rings. The third-order valence-electron chi connectivity index (χ3n) is 5.29. The molecular weight excluding hydrogens is 388 g/mol. The smallest absolute Gasteiger partial charge is 0.265 e. The monoisotopic (exact) mass is 412 g/mol. The lowest BCUT2D eigenvalue weighted by atomic mass is 9.88. The summed E-state index contributed by atoms with van der Waals surface area (Å²) >= 11 is 0. The topological polar surface area (TPSA) is 58.6 Å². The van der Waals surface area contributed by atoms with Crippen LogP contribution < -0.4 is 15.0 Å². The summed E-state index contributed by atoms with van der Waals surface area (Å²) in [5.74, 6) is 0.327. The molecule has 0 saturated carbocycles. The van der Waals surface area contributed by atoms with Gasteiger partial charge in [-0.3, -0.25) is 9.59 Å². The molecule has 4 rings (SSSR count). The van der Waals surface area contributed by atoms with Crippen molar-refractivity contribution in [3.05, 3.63) is 103 Å². The van der Waals surface area contributed by atoms with Crippen LogP contribution in [0.15, 0.2) is 91.5 Å². The Labute approximate surface area is 182 Å². The minimum atomic E-state index is -0.135. The Morgan fingerprint density at radius 3 is 2.29 bits per heavy atom. The Bertz CT molecular complexity index is 1040. The van der Waals surface area contributed by atoms with Gasteiger partial charge in [0.05, 0.1) is 5.69 Å². The predicted molar refractivity (Wildman–Crippen MR) is 122 cm³/mol. The third-order valence-corrected chi connectivity index (χ3v) is 5.29. The van der Waals surface area contributed by atoms with Crippen LogP contribution in [0.5, 0.6) is 5.75 Å². The number of anilines is 2. The van der Waals surface area contributed by atoms with Crippen LogP contribution >= 0.6 is 0 Å². The van der Waals surface area contributed by atoms with Gasteiger partial charge in [-0.15, -0.1) is 6.58 Å². The van der Waals surface area contributed by atoms with E-state index in [0.717, 1.165) is 11.1 Å². The highest BCUT2D eigenvalue weighted by molar-refractivity contribution is 5.99. The van der Waals surface area contributed by atoms with Gasteiger partial charge in [0.25, 0.3) is 5.91 Å². The van der Waals surface area contributed by atoms with Crippen molar-refractivity contribution in [3.63, 3.8) is 0 Å². The summed E-state index contributed by atoms with van der Waals surface area (Å²) in [7, 11) is 0. The Kier molecular flexibility index (Phi) is 6.13. The van der Waals surface area contributed by atoms with E-state index in [-0.39, 0.29) is 24.3 Å². The lowest BCUT2D eigenvalue weighted by Crippen LogP contribution is -2.38. The zero-order chi connectivity index (χ0) is 21.6. The van der Waals surface area contributed by atoms with Gasteiger partial charge in [0.15, 0.2) is 6.61 Å². The number of hydrogen-bond donors (Lipinski definition) is 1. The Hall–Kier alpha value is -3.86. The summed E-state index contributed by atoms with van der Waals surface area (Å²) in [4.78, 5) is 26.8. The van der Waals surface area contributed by atoms with Crippen LogP contribution in [0.4, 0.5) is 11.4 Å². The van der Waals surface area contributed by atoms with Crippen molar-refractivity contribution in [3.8, 4) is 5.75 Å². The molecule has 3 aromatic rings. The molecule has 156 valence electrons. The van der Waals surface area contributed by atoms with Crippen molar-refractivity contribution < 1.29 is 14.3 Å². The summed E-state index contributed by atoms with van der Waals surface area (Å²) < 4.78 is 5.51. The molecule has 5 nitrogen and oxygen atoms in total. The number of ether oxygens (including phenoxy) is 1. The van der Waals surface area contributed by atoms with Crippen molar-refractivity contribution in [2.24, 2.45) is 0 Å². The second-order valence-corrected chi connectivity index (χ2v) is 7.39. The first kappa shape index (κ1) is 20.4. The molecule has 5 heteroatoms. The van der Waals surface area contributed by atoms with Crippen LogP contribution in [0.1, 0.15) is 23.5 Å². The van der Waals surface area contributed by atoms with Crippen molar-refractivity contribution in [1.29, 1.82) is 0 Å². The zero-order valence-corrected chi connectivity index (χ0v) is 17.2. The Morgan fingerprint density at radius 2 is 1.68 bits per heavy atom. The maximum absolute atomic E-state index is 13.0. The number of nitrogens with one attached hydrogen (secondary N) is 1. The van der Waals surface area contributed by atoms with E-state index in [9.17, 15) is 9.59 Å². The molecule has 3 aromatic carbocycles. The number of hydrogen-bond acceptors (Lipinski definition) is 3. The Morgan fingerprint density at radius 1 is 1.03 bits per heavy atom. The first-order valence-electron chi connectivity index (χ1n) is 10.2. The molecule has 31 heavy (non-hydrogen) atoms. The van der Waals surface area contributed by atoms with Gasteiger partial charge in [-0.25, -0.2) is 0 Å². The van der Waals surface area contributed by atoms with Gasteiger partial charge in [0.2, 0.25) is 5.91 Å². The van der Waals surface area contributed by atoms with E-state index in [1.165, 1.54) is 0 Å². The first-order chi connectivity index (χ1) is 15.2. The van der Waals surface area contributed by atoms with Crippen molar-refractivity contribution in [2.75, 3.05) is 23.4 Å². The van der Waals surface area contributed by atoms with Gasteiger partial charge in [-0.1, -0.05) is 66.7 Å². The summed E-state index contributed by atoms with van der Waals surface area (Å²) in [5.41, 5.74) is 3.43. The molecule has 0 aliphatic carbocycles. The maximum atomic E-state index is 13.0.